The summed E-state index contributed by atoms with van der Waals surface area (Å²) < 4.78 is 32.4. The monoisotopic (exact) mass is 472 g/mol. The summed E-state index contributed by atoms with van der Waals surface area (Å²) in [7, 11) is 0.0993. The number of amidine groups is 1. The van der Waals surface area contributed by atoms with Crippen LogP contribution in [-0.2, 0) is 24.3 Å². The van der Waals surface area contributed by atoms with E-state index in [2.05, 4.69) is 15.0 Å². The van der Waals surface area contributed by atoms with Crippen LogP contribution in [0.4, 0.5) is 11.4 Å². The number of ether oxygens (including phenoxy) is 1. The van der Waals surface area contributed by atoms with Crippen molar-refractivity contribution in [1.82, 2.24) is 4.72 Å². The Labute approximate surface area is 193 Å². The third-order valence-electron chi connectivity index (χ3n) is 5.12. The van der Waals surface area contributed by atoms with Crippen molar-refractivity contribution in [3.05, 3.63) is 54.1 Å². The van der Waals surface area contributed by atoms with Gasteiger partial charge in [0.05, 0.1) is 4.90 Å². The van der Waals surface area contributed by atoms with Crippen LogP contribution in [0.3, 0.4) is 0 Å². The van der Waals surface area contributed by atoms with E-state index in [0.29, 0.717) is 11.3 Å². The first-order chi connectivity index (χ1) is 15.5. The van der Waals surface area contributed by atoms with Crippen molar-refractivity contribution in [3.63, 3.8) is 0 Å². The molecule has 3 rings (SSSR count). The third kappa shape index (κ3) is 5.51. The summed E-state index contributed by atoms with van der Waals surface area (Å²) in [6, 6.07) is 12.6. The first-order valence-corrected chi connectivity index (χ1v) is 12.0. The van der Waals surface area contributed by atoms with Crippen LogP contribution >= 0.6 is 0 Å². The number of sulfonamides is 1. The molecule has 0 fully saturated rings. The summed E-state index contributed by atoms with van der Waals surface area (Å²) in [6.45, 7) is 5.00. The lowest BCUT2D eigenvalue weighted by atomic mass is 10.0. The predicted octanol–water partition coefficient (Wildman–Crippen LogP) is 2.39. The van der Waals surface area contributed by atoms with Gasteiger partial charge in [0.15, 0.2) is 12.1 Å². The van der Waals surface area contributed by atoms with E-state index >= 15 is 0 Å². The quantitative estimate of drug-likeness (QED) is 0.598. The van der Waals surface area contributed by atoms with Crippen molar-refractivity contribution in [2.24, 2.45) is 10.9 Å². The van der Waals surface area contributed by atoms with E-state index in [4.69, 9.17) is 4.74 Å². The zero-order chi connectivity index (χ0) is 24.3. The van der Waals surface area contributed by atoms with Gasteiger partial charge in [-0.3, -0.25) is 14.5 Å². The van der Waals surface area contributed by atoms with Gasteiger partial charge in [0.2, 0.25) is 0 Å². The van der Waals surface area contributed by atoms with Gasteiger partial charge < -0.3 is 15.0 Å². The molecule has 176 valence electrons. The largest absolute Gasteiger partial charge is 0.451 e. The molecule has 0 aliphatic carbocycles. The van der Waals surface area contributed by atoms with Gasteiger partial charge in [-0.15, -0.1) is 0 Å². The zero-order valence-corrected chi connectivity index (χ0v) is 20.0. The summed E-state index contributed by atoms with van der Waals surface area (Å²) in [5.41, 5.74) is 1.95. The Kier molecular flexibility index (Phi) is 7.06. The molecule has 2 N–H and O–H groups in total. The van der Waals surface area contributed by atoms with Crippen molar-refractivity contribution in [2.75, 3.05) is 24.3 Å². The highest BCUT2D eigenvalue weighted by Crippen LogP contribution is 2.24. The van der Waals surface area contributed by atoms with E-state index < -0.39 is 34.0 Å². The number of esters is 1. The molecular weight excluding hydrogens is 444 g/mol. The lowest BCUT2D eigenvalue weighted by Gasteiger charge is -2.20. The summed E-state index contributed by atoms with van der Waals surface area (Å²) in [5, 5.41) is 2.72. The van der Waals surface area contributed by atoms with Crippen LogP contribution in [-0.4, -0.2) is 52.4 Å². The van der Waals surface area contributed by atoms with E-state index in [9.17, 15) is 18.0 Å². The van der Waals surface area contributed by atoms with Gasteiger partial charge in [-0.1, -0.05) is 26.0 Å². The van der Waals surface area contributed by atoms with Gasteiger partial charge in [0.1, 0.15) is 5.84 Å². The normalized spacial score (nSPS) is 17.1. The fourth-order valence-electron chi connectivity index (χ4n) is 3.23. The van der Waals surface area contributed by atoms with Crippen LogP contribution < -0.4 is 14.9 Å². The van der Waals surface area contributed by atoms with E-state index in [0.717, 1.165) is 5.69 Å². The SMILES string of the molecule is CC(C)[C@@H](N=C1NS(=O)(=O)c2ccccc21)C(=O)O[C@@H](C)C(=O)Nc1ccc(N(C)C)cc1. The molecule has 1 aliphatic rings. The highest BCUT2D eigenvalue weighted by molar-refractivity contribution is 7.90. The Hall–Kier alpha value is -3.40. The number of aliphatic imine (C=N–C) groups is 1. The molecule has 9 nitrogen and oxygen atoms in total. The maximum absolute atomic E-state index is 12.8. The van der Waals surface area contributed by atoms with Gasteiger partial charge in [-0.05, 0) is 49.2 Å². The summed E-state index contributed by atoms with van der Waals surface area (Å²) in [6.07, 6.45) is -1.07. The Balaban J connectivity index is 1.72. The molecule has 0 aromatic heterocycles. The van der Waals surface area contributed by atoms with Gasteiger partial charge in [0.25, 0.3) is 15.9 Å². The van der Waals surface area contributed by atoms with Crippen molar-refractivity contribution in [1.29, 1.82) is 0 Å². The molecule has 2 atom stereocenters. The molecule has 1 heterocycles. The molecule has 0 unspecified atom stereocenters. The number of amides is 1. The molecule has 1 aliphatic heterocycles. The molecule has 0 spiro atoms. The Morgan fingerprint density at radius 2 is 1.67 bits per heavy atom. The number of nitrogens with one attached hydrogen (secondary N) is 2. The van der Waals surface area contributed by atoms with E-state index in [-0.39, 0.29) is 16.6 Å². The van der Waals surface area contributed by atoms with Crippen LogP contribution in [0.5, 0.6) is 0 Å². The summed E-state index contributed by atoms with van der Waals surface area (Å²) in [4.78, 5) is 31.8. The van der Waals surface area contributed by atoms with Gasteiger partial charge in [-0.2, -0.15) is 0 Å². The Bertz CT molecular complexity index is 1170. The molecule has 1 amide bonds. The lowest BCUT2D eigenvalue weighted by Crippen LogP contribution is -2.37. The number of hydrogen-bond acceptors (Lipinski definition) is 7. The molecule has 0 saturated carbocycles. The Morgan fingerprint density at radius 3 is 2.27 bits per heavy atom. The number of carbonyl (C=O) groups is 2. The first kappa shape index (κ1) is 24.2. The molecule has 0 radical (unpaired) electrons. The lowest BCUT2D eigenvalue weighted by molar-refractivity contribution is -0.155. The average Bonchev–Trinajstić information content (AvgIpc) is 3.02. The number of benzene rings is 2. The minimum atomic E-state index is -3.73. The Morgan fingerprint density at radius 1 is 1.03 bits per heavy atom. The second-order valence-corrected chi connectivity index (χ2v) is 9.93. The predicted molar refractivity (Wildman–Crippen MR) is 127 cm³/mol. The van der Waals surface area contributed by atoms with Crippen molar-refractivity contribution in [2.45, 2.75) is 37.8 Å². The number of nitrogens with zero attached hydrogens (tertiary/aromatic N) is 2. The smallest absolute Gasteiger partial charge is 0.331 e. The molecule has 10 heteroatoms. The van der Waals surface area contributed by atoms with Crippen LogP contribution in [0.15, 0.2) is 58.4 Å². The molecule has 0 saturated heterocycles. The fourth-order valence-corrected chi connectivity index (χ4v) is 4.47. The second-order valence-electron chi connectivity index (χ2n) is 8.28. The molecule has 2 aromatic carbocycles. The van der Waals surface area contributed by atoms with E-state index in [1.165, 1.54) is 13.0 Å². The number of rotatable bonds is 7. The average molecular weight is 473 g/mol. The van der Waals surface area contributed by atoms with Crippen LogP contribution in [0.25, 0.3) is 0 Å². The van der Waals surface area contributed by atoms with Crippen LogP contribution in [0.2, 0.25) is 0 Å². The van der Waals surface area contributed by atoms with Crippen molar-refractivity contribution >= 4 is 39.1 Å². The number of fused-ring (bicyclic) bond motifs is 1. The third-order valence-corrected chi connectivity index (χ3v) is 6.51. The minimum Gasteiger partial charge on any atom is -0.451 e. The van der Waals surface area contributed by atoms with Gasteiger partial charge >= 0.3 is 5.97 Å². The van der Waals surface area contributed by atoms with Crippen molar-refractivity contribution < 1.29 is 22.7 Å². The highest BCUT2D eigenvalue weighted by atomic mass is 32.2. The topological polar surface area (TPSA) is 117 Å². The number of carbonyl (C=O) groups excluding carboxylic acids is 2. The maximum atomic E-state index is 12.8. The second kappa shape index (κ2) is 9.62. The summed E-state index contributed by atoms with van der Waals surface area (Å²) >= 11 is 0. The fraction of sp³-hybridized carbons (Fsp3) is 0.348. The molecular formula is C23H28N4O5S. The first-order valence-electron chi connectivity index (χ1n) is 10.5. The number of hydrogen-bond donors (Lipinski definition) is 2. The summed E-state index contributed by atoms with van der Waals surface area (Å²) in [5.74, 6) is -1.41. The standard InChI is InChI=1S/C23H28N4O5S/c1-14(2)20(25-21-18-8-6-7-9-19(18)33(30,31)26-21)23(29)32-15(3)22(28)24-16-10-12-17(13-11-16)27(4)5/h6-15,20H,1-5H3,(H,24,28)(H,25,26)/t15-,20+/m0/s1. The van der Waals surface area contributed by atoms with Gasteiger partial charge in [-0.25, -0.2) is 13.2 Å². The molecule has 33 heavy (non-hydrogen) atoms. The molecule has 0 bridgehead atoms. The minimum absolute atomic E-state index is 0.0827. The van der Waals surface area contributed by atoms with Crippen LogP contribution in [0, 0.1) is 5.92 Å². The van der Waals surface area contributed by atoms with E-state index in [1.807, 2.05) is 31.1 Å². The van der Waals surface area contributed by atoms with Crippen LogP contribution in [0.1, 0.15) is 26.3 Å². The van der Waals surface area contributed by atoms with Crippen molar-refractivity contribution in [3.8, 4) is 0 Å². The highest BCUT2D eigenvalue weighted by Gasteiger charge is 2.34. The molecule has 2 aromatic rings. The van der Waals surface area contributed by atoms with Gasteiger partial charge in [0, 0.05) is 31.0 Å². The number of anilines is 2. The van der Waals surface area contributed by atoms with E-state index in [1.54, 1.807) is 44.2 Å². The maximum Gasteiger partial charge on any atom is 0.331 e. The zero-order valence-electron chi connectivity index (χ0n) is 19.2.